The molecule has 0 spiro atoms. The van der Waals surface area contributed by atoms with Crippen molar-refractivity contribution >= 4 is 73.1 Å². The molecular formula is C16H11Cl2N3OS2. The number of carbonyl (C=O) groups excluding carboxylic acids is 1. The number of nitrogens with one attached hydrogen (secondary N) is 2. The number of benzene rings is 2. The van der Waals surface area contributed by atoms with Crippen molar-refractivity contribution in [1.29, 1.82) is 0 Å². The Bertz CT molecular complexity index is 917. The number of rotatable bonds is 2. The second-order valence-corrected chi connectivity index (χ2v) is 7.29. The SMILES string of the molecule is Cc1cc2sc(NC(=S)NC(=O)c3cccc(Cl)c3)nc2cc1Cl. The molecule has 0 unspecified atom stereocenters. The van der Waals surface area contributed by atoms with Gasteiger partial charge in [0.2, 0.25) is 0 Å². The van der Waals surface area contributed by atoms with E-state index in [4.69, 9.17) is 35.4 Å². The minimum absolute atomic E-state index is 0.168. The molecule has 0 aliphatic carbocycles. The maximum atomic E-state index is 12.1. The lowest BCUT2D eigenvalue weighted by molar-refractivity contribution is 0.0977. The van der Waals surface area contributed by atoms with Gasteiger partial charge in [-0.2, -0.15) is 0 Å². The predicted octanol–water partition coefficient (Wildman–Crippen LogP) is 5.04. The first kappa shape index (κ1) is 17.1. The highest BCUT2D eigenvalue weighted by atomic mass is 35.5. The Morgan fingerprint density at radius 3 is 2.79 bits per heavy atom. The van der Waals surface area contributed by atoms with Crippen LogP contribution in [0.1, 0.15) is 15.9 Å². The van der Waals surface area contributed by atoms with E-state index in [0.717, 1.165) is 15.8 Å². The van der Waals surface area contributed by atoms with E-state index in [1.165, 1.54) is 11.3 Å². The molecule has 0 radical (unpaired) electrons. The summed E-state index contributed by atoms with van der Waals surface area (Å²) in [4.78, 5) is 16.5. The van der Waals surface area contributed by atoms with Gasteiger partial charge in [-0.25, -0.2) is 4.98 Å². The van der Waals surface area contributed by atoms with Gasteiger partial charge in [0.05, 0.1) is 10.2 Å². The smallest absolute Gasteiger partial charge is 0.257 e. The van der Waals surface area contributed by atoms with Crippen LogP contribution in [-0.2, 0) is 0 Å². The minimum atomic E-state index is -0.338. The summed E-state index contributed by atoms with van der Waals surface area (Å²) in [5.41, 5.74) is 2.19. The lowest BCUT2D eigenvalue weighted by atomic mass is 10.2. The highest BCUT2D eigenvalue weighted by Gasteiger charge is 2.11. The molecule has 4 nitrogen and oxygen atoms in total. The maximum Gasteiger partial charge on any atom is 0.257 e. The molecule has 0 atom stereocenters. The van der Waals surface area contributed by atoms with Crippen LogP contribution in [0, 0.1) is 6.92 Å². The second kappa shape index (κ2) is 7.03. The standard InChI is InChI=1S/C16H11Cl2N3OS2/c1-8-5-13-12(7-11(8)18)19-16(24-13)21-15(23)20-14(22)9-3-2-4-10(17)6-9/h2-7H,1H3,(H2,19,20,21,22,23). The van der Waals surface area contributed by atoms with Gasteiger partial charge in [-0.05, 0) is 55.0 Å². The third-order valence-electron chi connectivity index (χ3n) is 3.20. The average molecular weight is 396 g/mol. The van der Waals surface area contributed by atoms with Gasteiger partial charge in [0.1, 0.15) is 0 Å². The van der Waals surface area contributed by atoms with Gasteiger partial charge in [-0.15, -0.1) is 0 Å². The molecule has 8 heteroatoms. The van der Waals surface area contributed by atoms with Crippen molar-refractivity contribution in [2.24, 2.45) is 0 Å². The summed E-state index contributed by atoms with van der Waals surface area (Å²) in [5.74, 6) is -0.338. The van der Waals surface area contributed by atoms with Crippen LogP contribution in [-0.4, -0.2) is 16.0 Å². The van der Waals surface area contributed by atoms with E-state index in [2.05, 4.69) is 15.6 Å². The molecule has 1 aromatic heterocycles. The molecule has 3 aromatic rings. The van der Waals surface area contributed by atoms with Crippen molar-refractivity contribution in [3.8, 4) is 0 Å². The van der Waals surface area contributed by atoms with Gasteiger partial charge in [0.25, 0.3) is 5.91 Å². The Balaban J connectivity index is 1.72. The van der Waals surface area contributed by atoms with Crippen molar-refractivity contribution in [3.63, 3.8) is 0 Å². The summed E-state index contributed by atoms with van der Waals surface area (Å²) in [7, 11) is 0. The highest BCUT2D eigenvalue weighted by Crippen LogP contribution is 2.30. The molecule has 2 aromatic carbocycles. The molecule has 0 aliphatic heterocycles. The van der Waals surface area contributed by atoms with Crippen LogP contribution >= 0.6 is 46.8 Å². The summed E-state index contributed by atoms with van der Waals surface area (Å²) in [5, 5.41) is 7.42. The summed E-state index contributed by atoms with van der Waals surface area (Å²) in [6, 6.07) is 10.4. The van der Waals surface area contributed by atoms with Crippen LogP contribution in [0.2, 0.25) is 10.0 Å². The van der Waals surface area contributed by atoms with Gasteiger partial charge in [0, 0.05) is 15.6 Å². The van der Waals surface area contributed by atoms with E-state index in [0.29, 0.717) is 20.7 Å². The molecule has 2 N–H and O–H groups in total. The zero-order valence-electron chi connectivity index (χ0n) is 12.4. The van der Waals surface area contributed by atoms with Gasteiger partial charge >= 0.3 is 0 Å². The Morgan fingerprint density at radius 1 is 1.25 bits per heavy atom. The number of thiazole rings is 1. The first-order chi connectivity index (χ1) is 11.4. The average Bonchev–Trinajstić information content (AvgIpc) is 2.88. The van der Waals surface area contributed by atoms with E-state index in [-0.39, 0.29) is 11.0 Å². The largest absolute Gasteiger partial charge is 0.308 e. The predicted molar refractivity (Wildman–Crippen MR) is 105 cm³/mol. The number of halogens is 2. The summed E-state index contributed by atoms with van der Waals surface area (Å²) < 4.78 is 0.989. The number of anilines is 1. The van der Waals surface area contributed by atoms with Crippen molar-refractivity contribution in [2.75, 3.05) is 5.32 Å². The zero-order chi connectivity index (χ0) is 17.3. The van der Waals surface area contributed by atoms with Gasteiger partial charge in [-0.1, -0.05) is 40.6 Å². The number of amides is 1. The van der Waals surface area contributed by atoms with Crippen molar-refractivity contribution in [3.05, 3.63) is 57.6 Å². The van der Waals surface area contributed by atoms with E-state index >= 15 is 0 Å². The summed E-state index contributed by atoms with van der Waals surface area (Å²) in [6.45, 7) is 1.93. The summed E-state index contributed by atoms with van der Waals surface area (Å²) >= 11 is 18.6. The quantitative estimate of drug-likeness (QED) is 0.596. The number of fused-ring (bicyclic) bond motifs is 1. The van der Waals surface area contributed by atoms with Crippen molar-refractivity contribution in [2.45, 2.75) is 6.92 Å². The van der Waals surface area contributed by atoms with Gasteiger partial charge in [-0.3, -0.25) is 10.1 Å². The number of hydrogen-bond acceptors (Lipinski definition) is 4. The monoisotopic (exact) mass is 395 g/mol. The third-order valence-corrected chi connectivity index (χ3v) is 4.98. The molecule has 0 saturated carbocycles. The van der Waals surface area contributed by atoms with Crippen LogP contribution < -0.4 is 10.6 Å². The lowest BCUT2D eigenvalue weighted by Crippen LogP contribution is -2.34. The maximum absolute atomic E-state index is 12.1. The normalized spacial score (nSPS) is 10.6. The molecule has 122 valence electrons. The fraction of sp³-hybridized carbons (Fsp3) is 0.0625. The number of aromatic nitrogens is 1. The van der Waals surface area contributed by atoms with E-state index in [9.17, 15) is 4.79 Å². The van der Waals surface area contributed by atoms with E-state index in [1.807, 2.05) is 19.1 Å². The lowest BCUT2D eigenvalue weighted by Gasteiger charge is -2.07. The number of thiocarbonyl (C=S) groups is 1. The van der Waals surface area contributed by atoms with E-state index in [1.54, 1.807) is 24.3 Å². The molecule has 0 fully saturated rings. The van der Waals surface area contributed by atoms with Gasteiger partial charge < -0.3 is 5.32 Å². The fourth-order valence-corrected chi connectivity index (χ4v) is 3.59. The van der Waals surface area contributed by atoms with E-state index < -0.39 is 0 Å². The Labute approximate surface area is 157 Å². The number of carbonyl (C=O) groups is 1. The number of nitrogens with zero attached hydrogens (tertiary/aromatic N) is 1. The topological polar surface area (TPSA) is 54.0 Å². The Kier molecular flexibility index (Phi) is 5.01. The molecule has 0 saturated heterocycles. The van der Waals surface area contributed by atoms with Crippen LogP contribution in [0.4, 0.5) is 5.13 Å². The van der Waals surface area contributed by atoms with Gasteiger partial charge in [0.15, 0.2) is 10.2 Å². The van der Waals surface area contributed by atoms with Crippen molar-refractivity contribution < 1.29 is 4.79 Å². The Hall–Kier alpha value is -1.73. The number of hydrogen-bond donors (Lipinski definition) is 2. The molecule has 1 heterocycles. The number of aryl methyl sites for hydroxylation is 1. The highest BCUT2D eigenvalue weighted by molar-refractivity contribution is 7.80. The van der Waals surface area contributed by atoms with Crippen LogP contribution in [0.25, 0.3) is 10.2 Å². The molecular weight excluding hydrogens is 385 g/mol. The zero-order valence-corrected chi connectivity index (χ0v) is 15.5. The first-order valence-electron chi connectivity index (χ1n) is 6.87. The Morgan fingerprint density at radius 2 is 2.04 bits per heavy atom. The molecule has 3 rings (SSSR count). The minimum Gasteiger partial charge on any atom is -0.308 e. The third kappa shape index (κ3) is 3.84. The second-order valence-electron chi connectivity index (χ2n) is 5.01. The van der Waals surface area contributed by atoms with Crippen LogP contribution in [0.5, 0.6) is 0 Å². The van der Waals surface area contributed by atoms with Crippen LogP contribution in [0.15, 0.2) is 36.4 Å². The van der Waals surface area contributed by atoms with Crippen LogP contribution in [0.3, 0.4) is 0 Å². The summed E-state index contributed by atoms with van der Waals surface area (Å²) in [6.07, 6.45) is 0. The molecule has 1 amide bonds. The fourth-order valence-electron chi connectivity index (χ4n) is 2.04. The molecule has 24 heavy (non-hydrogen) atoms. The molecule has 0 bridgehead atoms. The first-order valence-corrected chi connectivity index (χ1v) is 8.85. The molecule has 0 aliphatic rings. The van der Waals surface area contributed by atoms with Crippen molar-refractivity contribution in [1.82, 2.24) is 10.3 Å².